The van der Waals surface area contributed by atoms with E-state index in [4.69, 9.17) is 11.6 Å². The molecule has 0 bridgehead atoms. The molecular weight excluding hydrogens is 276 g/mol. The molecule has 0 nitrogen and oxygen atoms in total. The number of alkyl halides is 1. The Morgan fingerprint density at radius 1 is 0.810 bits per heavy atom. The van der Waals surface area contributed by atoms with E-state index in [9.17, 15) is 0 Å². The van der Waals surface area contributed by atoms with Gasteiger partial charge in [-0.25, -0.2) is 0 Å². The predicted octanol–water partition coefficient (Wildman–Crippen LogP) is 7.37. The Kier molecular flexibility index (Phi) is 12.5. The lowest BCUT2D eigenvalue weighted by atomic mass is 10.0. The highest BCUT2D eigenvalue weighted by molar-refractivity contribution is 6.18. The number of allylic oxidation sites excluding steroid dienone is 8. The summed E-state index contributed by atoms with van der Waals surface area (Å²) in [7, 11) is 0. The van der Waals surface area contributed by atoms with E-state index < -0.39 is 0 Å². The van der Waals surface area contributed by atoms with Crippen molar-refractivity contribution in [2.75, 3.05) is 5.88 Å². The molecule has 0 aromatic rings. The number of hydrogen-bond donors (Lipinski definition) is 0. The van der Waals surface area contributed by atoms with Crippen LogP contribution in [-0.4, -0.2) is 5.88 Å². The zero-order chi connectivity index (χ0) is 16.1. The summed E-state index contributed by atoms with van der Waals surface area (Å²) in [6, 6.07) is 0. The molecule has 1 heteroatoms. The summed E-state index contributed by atoms with van der Waals surface area (Å²) < 4.78 is 0. The van der Waals surface area contributed by atoms with Crippen LogP contribution in [0.2, 0.25) is 0 Å². The summed E-state index contributed by atoms with van der Waals surface area (Å²) in [5.41, 5.74) is 5.83. The van der Waals surface area contributed by atoms with Crippen molar-refractivity contribution in [3.8, 4) is 0 Å². The van der Waals surface area contributed by atoms with Crippen LogP contribution in [0, 0.1) is 0 Å². The maximum atomic E-state index is 5.85. The van der Waals surface area contributed by atoms with Gasteiger partial charge in [0.1, 0.15) is 0 Å². The Hall–Kier alpha value is -0.750. The van der Waals surface area contributed by atoms with Crippen LogP contribution in [0.4, 0.5) is 0 Å². The molecule has 0 amide bonds. The molecule has 0 N–H and O–H groups in total. The minimum atomic E-state index is 0.621. The lowest BCUT2D eigenvalue weighted by molar-refractivity contribution is 0.896. The first-order chi connectivity index (χ1) is 9.99. The van der Waals surface area contributed by atoms with Gasteiger partial charge in [-0.05, 0) is 66.2 Å². The van der Waals surface area contributed by atoms with E-state index in [1.165, 1.54) is 41.6 Å². The number of halogens is 1. The lowest BCUT2D eigenvalue weighted by Gasteiger charge is -2.04. The van der Waals surface area contributed by atoms with Gasteiger partial charge in [-0.15, -0.1) is 11.6 Å². The molecule has 0 aliphatic carbocycles. The summed E-state index contributed by atoms with van der Waals surface area (Å²) in [4.78, 5) is 0. The molecule has 0 aliphatic heterocycles. The van der Waals surface area contributed by atoms with Gasteiger partial charge in [0.25, 0.3) is 0 Å². The van der Waals surface area contributed by atoms with Gasteiger partial charge in [-0.3, -0.25) is 0 Å². The summed E-state index contributed by atoms with van der Waals surface area (Å²) in [5.74, 6) is 0.621. The Labute approximate surface area is 137 Å². The van der Waals surface area contributed by atoms with Gasteiger partial charge < -0.3 is 0 Å². The fourth-order valence-electron chi connectivity index (χ4n) is 2.03. The van der Waals surface area contributed by atoms with Gasteiger partial charge in [0, 0.05) is 5.88 Å². The highest BCUT2D eigenvalue weighted by Crippen LogP contribution is 2.15. The summed E-state index contributed by atoms with van der Waals surface area (Å²) in [6.45, 7) is 11.0. The van der Waals surface area contributed by atoms with Gasteiger partial charge in [0.15, 0.2) is 0 Å². The van der Waals surface area contributed by atoms with Crippen LogP contribution in [0.1, 0.15) is 73.1 Å². The van der Waals surface area contributed by atoms with E-state index in [-0.39, 0.29) is 0 Å². The second-order valence-corrected chi connectivity index (χ2v) is 6.34. The molecule has 0 aliphatic rings. The molecule has 0 heterocycles. The Morgan fingerprint density at radius 3 is 2.00 bits per heavy atom. The lowest BCUT2D eigenvalue weighted by Crippen LogP contribution is -1.85. The van der Waals surface area contributed by atoms with E-state index >= 15 is 0 Å². The van der Waals surface area contributed by atoms with Gasteiger partial charge in [0.05, 0.1) is 0 Å². The van der Waals surface area contributed by atoms with Gasteiger partial charge >= 0.3 is 0 Å². The first kappa shape index (κ1) is 20.2. The summed E-state index contributed by atoms with van der Waals surface area (Å²) in [5, 5.41) is 0. The van der Waals surface area contributed by atoms with Crippen molar-refractivity contribution >= 4 is 11.6 Å². The smallest absolute Gasteiger partial charge is 0.0406 e. The minimum Gasteiger partial charge on any atom is -0.122 e. The molecule has 0 fully saturated rings. The molecule has 0 rings (SSSR count). The molecular formula is C20H33Cl. The zero-order valence-corrected chi connectivity index (χ0v) is 15.4. The van der Waals surface area contributed by atoms with E-state index in [1.54, 1.807) is 0 Å². The van der Waals surface area contributed by atoms with E-state index in [1.807, 2.05) is 0 Å². The Bertz CT molecular complexity index is 390. The topological polar surface area (TPSA) is 0 Å². The van der Waals surface area contributed by atoms with Crippen molar-refractivity contribution in [3.05, 3.63) is 46.6 Å². The Balaban J connectivity index is 4.19. The SMILES string of the molecule is CC/C(C)=C/CC/C(C)=C/CC/C(=C/CCl)CC=C(C)C. The van der Waals surface area contributed by atoms with Crippen LogP contribution in [0.25, 0.3) is 0 Å². The molecule has 0 saturated carbocycles. The Morgan fingerprint density at radius 2 is 1.43 bits per heavy atom. The average Bonchev–Trinajstić information content (AvgIpc) is 2.44. The first-order valence-electron chi connectivity index (χ1n) is 8.18. The molecule has 120 valence electrons. The van der Waals surface area contributed by atoms with Crippen LogP contribution in [-0.2, 0) is 0 Å². The van der Waals surface area contributed by atoms with E-state index in [2.05, 4.69) is 58.9 Å². The minimum absolute atomic E-state index is 0.621. The largest absolute Gasteiger partial charge is 0.122 e. The predicted molar refractivity (Wildman–Crippen MR) is 99.1 cm³/mol. The van der Waals surface area contributed by atoms with Crippen molar-refractivity contribution in [1.29, 1.82) is 0 Å². The molecule has 0 radical (unpaired) electrons. The number of rotatable bonds is 10. The van der Waals surface area contributed by atoms with Crippen LogP contribution >= 0.6 is 11.6 Å². The molecule has 0 aromatic carbocycles. The van der Waals surface area contributed by atoms with Crippen molar-refractivity contribution < 1.29 is 0 Å². The van der Waals surface area contributed by atoms with Crippen molar-refractivity contribution in [2.45, 2.75) is 73.1 Å². The normalized spacial score (nSPS) is 13.5. The van der Waals surface area contributed by atoms with E-state index in [0.717, 1.165) is 19.3 Å². The third kappa shape index (κ3) is 12.7. The third-order valence-corrected chi connectivity index (χ3v) is 3.84. The molecule has 0 unspecified atom stereocenters. The fourth-order valence-corrected chi connectivity index (χ4v) is 2.25. The van der Waals surface area contributed by atoms with Crippen LogP contribution in [0.15, 0.2) is 46.6 Å². The molecule has 0 aromatic heterocycles. The van der Waals surface area contributed by atoms with Crippen molar-refractivity contribution in [2.24, 2.45) is 0 Å². The highest BCUT2D eigenvalue weighted by Gasteiger charge is 1.96. The maximum Gasteiger partial charge on any atom is 0.0406 e. The quantitative estimate of drug-likeness (QED) is 0.292. The van der Waals surface area contributed by atoms with Crippen LogP contribution < -0.4 is 0 Å². The summed E-state index contributed by atoms with van der Waals surface area (Å²) in [6.07, 6.45) is 16.0. The standard InChI is InChI=1S/C20H33Cl/c1-6-18(4)9-7-10-19(5)11-8-12-20(15-16-21)14-13-17(2)3/h9,11,13,15H,6-8,10,12,14,16H2,1-5H3/b18-9+,19-11+,20-15-. The van der Waals surface area contributed by atoms with Gasteiger partial charge in [0.2, 0.25) is 0 Å². The first-order valence-corrected chi connectivity index (χ1v) is 8.71. The van der Waals surface area contributed by atoms with Crippen LogP contribution in [0.5, 0.6) is 0 Å². The van der Waals surface area contributed by atoms with Gasteiger partial charge in [-0.1, -0.05) is 53.5 Å². The van der Waals surface area contributed by atoms with Crippen LogP contribution in [0.3, 0.4) is 0 Å². The summed E-state index contributed by atoms with van der Waals surface area (Å²) >= 11 is 5.85. The van der Waals surface area contributed by atoms with E-state index in [0.29, 0.717) is 5.88 Å². The number of hydrogen-bond acceptors (Lipinski definition) is 0. The second-order valence-electron chi connectivity index (χ2n) is 6.03. The molecule has 0 spiro atoms. The van der Waals surface area contributed by atoms with Crippen molar-refractivity contribution in [3.63, 3.8) is 0 Å². The van der Waals surface area contributed by atoms with Crippen molar-refractivity contribution in [1.82, 2.24) is 0 Å². The maximum absolute atomic E-state index is 5.85. The average molecular weight is 309 g/mol. The monoisotopic (exact) mass is 308 g/mol. The van der Waals surface area contributed by atoms with Gasteiger partial charge in [-0.2, -0.15) is 0 Å². The zero-order valence-electron chi connectivity index (χ0n) is 14.6. The highest BCUT2D eigenvalue weighted by atomic mass is 35.5. The third-order valence-electron chi connectivity index (χ3n) is 3.69. The fraction of sp³-hybridized carbons (Fsp3) is 0.600. The molecule has 0 atom stereocenters. The molecule has 21 heavy (non-hydrogen) atoms. The second kappa shape index (κ2) is 13.0. The molecule has 0 saturated heterocycles.